The molecule has 27 heavy (non-hydrogen) atoms. The summed E-state index contributed by atoms with van der Waals surface area (Å²) in [6, 6.07) is 0. The predicted molar refractivity (Wildman–Crippen MR) is 101 cm³/mol. The summed E-state index contributed by atoms with van der Waals surface area (Å²) in [6.45, 7) is 9.06. The van der Waals surface area contributed by atoms with Crippen LogP contribution in [0.1, 0.15) is 52.9 Å². The molecule has 0 spiro atoms. The maximum absolute atomic E-state index is 12.8. The molecule has 2 atom stereocenters. The summed E-state index contributed by atoms with van der Waals surface area (Å²) in [5.74, 6) is -0.0848. The molecule has 0 aromatic carbocycles. The maximum atomic E-state index is 12.8. The van der Waals surface area contributed by atoms with E-state index in [4.69, 9.17) is 4.74 Å². The summed E-state index contributed by atoms with van der Waals surface area (Å²) < 4.78 is 5.54. The Hall–Kier alpha value is -1.63. The highest BCUT2D eigenvalue weighted by molar-refractivity contribution is 5.90. The summed E-state index contributed by atoms with van der Waals surface area (Å²) in [5, 5.41) is 3.00. The van der Waals surface area contributed by atoms with E-state index in [1.807, 2.05) is 25.7 Å². The Morgan fingerprint density at radius 2 is 1.85 bits per heavy atom. The van der Waals surface area contributed by atoms with Crippen molar-refractivity contribution >= 4 is 17.7 Å². The lowest BCUT2D eigenvalue weighted by Gasteiger charge is -2.34. The van der Waals surface area contributed by atoms with Gasteiger partial charge in [-0.2, -0.15) is 0 Å². The van der Waals surface area contributed by atoms with Gasteiger partial charge in [0.05, 0.1) is 12.0 Å². The largest absolute Gasteiger partial charge is 0.376 e. The number of ether oxygens (including phenoxy) is 1. The van der Waals surface area contributed by atoms with E-state index < -0.39 is 0 Å². The Bertz CT molecular complexity index is 572. The van der Waals surface area contributed by atoms with Crippen LogP contribution in [-0.4, -0.2) is 72.0 Å². The quantitative estimate of drug-likeness (QED) is 0.795. The number of hydrogen-bond donors (Lipinski definition) is 1. The van der Waals surface area contributed by atoms with Crippen LogP contribution in [-0.2, 0) is 19.1 Å². The van der Waals surface area contributed by atoms with Crippen molar-refractivity contribution in [1.29, 1.82) is 0 Å². The van der Waals surface area contributed by atoms with Crippen LogP contribution in [0.3, 0.4) is 0 Å². The second-order valence-corrected chi connectivity index (χ2v) is 9.06. The average molecular weight is 380 g/mol. The lowest BCUT2D eigenvalue weighted by Crippen LogP contribution is -2.47. The van der Waals surface area contributed by atoms with E-state index >= 15 is 0 Å². The second-order valence-electron chi connectivity index (χ2n) is 9.06. The summed E-state index contributed by atoms with van der Waals surface area (Å²) in [5.41, 5.74) is -0.250. The average Bonchev–Trinajstić information content (AvgIpc) is 3.28. The summed E-state index contributed by atoms with van der Waals surface area (Å²) in [7, 11) is 0. The molecular formula is C20H33N3O4. The van der Waals surface area contributed by atoms with Gasteiger partial charge in [0.25, 0.3) is 0 Å². The molecule has 0 aromatic heterocycles. The minimum absolute atomic E-state index is 0.0354. The minimum atomic E-state index is -0.250. The molecule has 152 valence electrons. The normalized spacial score (nSPS) is 27.3. The third kappa shape index (κ3) is 4.81. The summed E-state index contributed by atoms with van der Waals surface area (Å²) in [6.07, 6.45) is 3.91. The highest BCUT2D eigenvalue weighted by atomic mass is 16.5. The first-order valence-electron chi connectivity index (χ1n) is 10.2. The van der Waals surface area contributed by atoms with Crippen LogP contribution in [0.15, 0.2) is 0 Å². The molecule has 0 aromatic rings. The lowest BCUT2D eigenvalue weighted by molar-refractivity contribution is -0.139. The summed E-state index contributed by atoms with van der Waals surface area (Å²) in [4.78, 5) is 41.1. The van der Waals surface area contributed by atoms with Crippen LogP contribution < -0.4 is 5.32 Å². The van der Waals surface area contributed by atoms with Gasteiger partial charge in [-0.3, -0.25) is 14.4 Å². The first-order valence-corrected chi connectivity index (χ1v) is 10.2. The van der Waals surface area contributed by atoms with Crippen LogP contribution in [0.5, 0.6) is 0 Å². The number of nitrogens with zero attached hydrogens (tertiary/aromatic N) is 2. The first-order chi connectivity index (χ1) is 12.8. The zero-order chi connectivity index (χ0) is 19.6. The van der Waals surface area contributed by atoms with Gasteiger partial charge in [0.2, 0.25) is 17.7 Å². The van der Waals surface area contributed by atoms with E-state index in [0.717, 1.165) is 19.4 Å². The number of carbonyl (C=O) groups is 3. The fourth-order valence-electron chi connectivity index (χ4n) is 4.31. The standard InChI is InChI=1S/C20H33N3O4/c1-20(2,3)23-13-15(11-17(23)24)19(26)22-8-6-14(7-9-22)18(25)21-12-16-5-4-10-27-16/h14-16H,4-13H2,1-3H3,(H,21,25). The Balaban J connectivity index is 1.44. The number of rotatable bonds is 4. The van der Waals surface area contributed by atoms with Crippen molar-refractivity contribution in [3.63, 3.8) is 0 Å². The van der Waals surface area contributed by atoms with E-state index in [1.54, 1.807) is 4.90 Å². The number of carbonyl (C=O) groups excluding carboxylic acids is 3. The molecule has 3 aliphatic heterocycles. The molecule has 3 aliphatic rings. The number of piperidine rings is 1. The van der Waals surface area contributed by atoms with Gasteiger partial charge in [0.15, 0.2) is 0 Å². The van der Waals surface area contributed by atoms with Crippen LogP contribution in [0.4, 0.5) is 0 Å². The van der Waals surface area contributed by atoms with E-state index in [-0.39, 0.29) is 41.2 Å². The van der Waals surface area contributed by atoms with Crippen LogP contribution in [0.25, 0.3) is 0 Å². The summed E-state index contributed by atoms with van der Waals surface area (Å²) >= 11 is 0. The number of amides is 3. The topological polar surface area (TPSA) is 79.0 Å². The van der Waals surface area contributed by atoms with E-state index in [0.29, 0.717) is 45.4 Å². The first kappa shape index (κ1) is 20.1. The Morgan fingerprint density at radius 1 is 1.15 bits per heavy atom. The predicted octanol–water partition coefficient (Wildman–Crippen LogP) is 1.17. The lowest BCUT2D eigenvalue weighted by atomic mass is 9.94. The van der Waals surface area contributed by atoms with Crippen LogP contribution in [0, 0.1) is 11.8 Å². The molecule has 0 saturated carbocycles. The third-order valence-electron chi connectivity index (χ3n) is 5.99. The van der Waals surface area contributed by atoms with Gasteiger partial charge in [0.1, 0.15) is 0 Å². The third-order valence-corrected chi connectivity index (χ3v) is 5.99. The van der Waals surface area contributed by atoms with E-state index in [9.17, 15) is 14.4 Å². The van der Waals surface area contributed by atoms with Crippen LogP contribution >= 0.6 is 0 Å². The number of hydrogen-bond acceptors (Lipinski definition) is 4. The molecule has 7 nitrogen and oxygen atoms in total. The molecule has 0 radical (unpaired) electrons. The van der Waals surface area contributed by atoms with E-state index in [2.05, 4.69) is 5.32 Å². The molecular weight excluding hydrogens is 346 g/mol. The fraction of sp³-hybridized carbons (Fsp3) is 0.850. The molecule has 3 fully saturated rings. The SMILES string of the molecule is CC(C)(C)N1CC(C(=O)N2CCC(C(=O)NCC3CCCO3)CC2)CC1=O. The monoisotopic (exact) mass is 379 g/mol. The number of likely N-dealkylation sites (tertiary alicyclic amines) is 2. The Kier molecular flexibility index (Phi) is 6.08. The highest BCUT2D eigenvalue weighted by Crippen LogP contribution is 2.28. The molecule has 0 aliphatic carbocycles. The Labute approximate surface area is 161 Å². The fourth-order valence-corrected chi connectivity index (χ4v) is 4.31. The van der Waals surface area contributed by atoms with Crippen molar-refractivity contribution < 1.29 is 19.1 Å². The van der Waals surface area contributed by atoms with Gasteiger partial charge >= 0.3 is 0 Å². The van der Waals surface area contributed by atoms with Crippen molar-refractivity contribution in [3.05, 3.63) is 0 Å². The van der Waals surface area contributed by atoms with Gasteiger partial charge in [-0.05, 0) is 46.5 Å². The molecule has 3 rings (SSSR count). The van der Waals surface area contributed by atoms with Crippen molar-refractivity contribution in [1.82, 2.24) is 15.1 Å². The van der Waals surface area contributed by atoms with Gasteiger partial charge in [0, 0.05) is 50.7 Å². The molecule has 0 bridgehead atoms. The van der Waals surface area contributed by atoms with Gasteiger partial charge in [-0.25, -0.2) is 0 Å². The Morgan fingerprint density at radius 3 is 2.41 bits per heavy atom. The molecule has 2 unspecified atom stereocenters. The molecule has 7 heteroatoms. The molecule has 1 N–H and O–H groups in total. The zero-order valence-electron chi connectivity index (χ0n) is 16.8. The van der Waals surface area contributed by atoms with Crippen molar-refractivity contribution in [3.8, 4) is 0 Å². The van der Waals surface area contributed by atoms with Crippen molar-refractivity contribution in [2.45, 2.75) is 64.5 Å². The van der Waals surface area contributed by atoms with Gasteiger partial charge < -0.3 is 19.9 Å². The second kappa shape index (κ2) is 8.17. The van der Waals surface area contributed by atoms with Crippen molar-refractivity contribution in [2.75, 3.05) is 32.8 Å². The minimum Gasteiger partial charge on any atom is -0.376 e. The molecule has 3 amide bonds. The maximum Gasteiger partial charge on any atom is 0.227 e. The highest BCUT2D eigenvalue weighted by Gasteiger charge is 2.41. The van der Waals surface area contributed by atoms with Gasteiger partial charge in [-0.15, -0.1) is 0 Å². The molecule has 3 heterocycles. The van der Waals surface area contributed by atoms with Crippen LogP contribution in [0.2, 0.25) is 0 Å². The smallest absolute Gasteiger partial charge is 0.227 e. The van der Waals surface area contributed by atoms with Crippen molar-refractivity contribution in [2.24, 2.45) is 11.8 Å². The number of nitrogens with one attached hydrogen (secondary N) is 1. The zero-order valence-corrected chi connectivity index (χ0v) is 16.8. The van der Waals surface area contributed by atoms with Gasteiger partial charge in [-0.1, -0.05) is 0 Å². The van der Waals surface area contributed by atoms with E-state index in [1.165, 1.54) is 0 Å². The molecule has 3 saturated heterocycles.